The van der Waals surface area contributed by atoms with Crippen LogP contribution in [0.4, 0.5) is 0 Å². The molecule has 0 saturated carbocycles. The predicted octanol–water partition coefficient (Wildman–Crippen LogP) is 2.27. The lowest BCUT2D eigenvalue weighted by Crippen LogP contribution is -2.12. The van der Waals surface area contributed by atoms with Crippen molar-refractivity contribution in [3.05, 3.63) is 29.8 Å². The summed E-state index contributed by atoms with van der Waals surface area (Å²) in [6.45, 7) is 4.09. The van der Waals surface area contributed by atoms with Crippen molar-refractivity contribution in [3.63, 3.8) is 0 Å². The van der Waals surface area contributed by atoms with E-state index < -0.39 is 10.1 Å². The molecule has 1 aliphatic rings. The molecule has 2 atom stereocenters. The van der Waals surface area contributed by atoms with Crippen molar-refractivity contribution in [3.8, 4) is 0 Å². The van der Waals surface area contributed by atoms with Crippen molar-refractivity contribution in [2.75, 3.05) is 6.61 Å². The molecule has 1 fully saturated rings. The molecule has 2 rings (SSSR count). The van der Waals surface area contributed by atoms with Crippen LogP contribution in [0.3, 0.4) is 0 Å². The van der Waals surface area contributed by atoms with E-state index in [9.17, 15) is 8.42 Å². The zero-order chi connectivity index (χ0) is 13.2. The predicted molar refractivity (Wildman–Crippen MR) is 67.9 cm³/mol. The first-order valence-corrected chi connectivity index (χ1v) is 7.55. The van der Waals surface area contributed by atoms with Crippen molar-refractivity contribution >= 4 is 10.1 Å². The normalized spacial score (nSPS) is 23.0. The molecule has 0 aromatic heterocycles. The molecule has 0 radical (unpaired) electrons. The summed E-state index contributed by atoms with van der Waals surface area (Å²) >= 11 is 0. The standard InChI is InChI=1S/C13H18O4S/c1-3-4-12-13(17-12)9-16-18(14,15)11-7-5-10(2)6-8-11/h5-8,12-13H,3-4,9H2,1-2H3/t12-,13-/m0/s1. The first kappa shape index (κ1) is 13.5. The van der Waals surface area contributed by atoms with Crippen LogP contribution >= 0.6 is 0 Å². The SMILES string of the molecule is CCC[C@@H]1O[C@H]1COS(=O)(=O)c1ccc(C)cc1. The third-order valence-corrected chi connectivity index (χ3v) is 4.25. The molecule has 0 aliphatic carbocycles. The van der Waals surface area contributed by atoms with Crippen molar-refractivity contribution in [1.29, 1.82) is 0 Å². The summed E-state index contributed by atoms with van der Waals surface area (Å²) in [5.74, 6) is 0. The summed E-state index contributed by atoms with van der Waals surface area (Å²) in [5, 5.41) is 0. The topological polar surface area (TPSA) is 55.9 Å². The van der Waals surface area contributed by atoms with Gasteiger partial charge in [0.2, 0.25) is 0 Å². The van der Waals surface area contributed by atoms with Gasteiger partial charge in [-0.1, -0.05) is 31.0 Å². The minimum atomic E-state index is -3.65. The zero-order valence-electron chi connectivity index (χ0n) is 10.6. The molecule has 5 heteroatoms. The van der Waals surface area contributed by atoms with Crippen LogP contribution in [0.5, 0.6) is 0 Å². The highest BCUT2D eigenvalue weighted by Gasteiger charge is 2.39. The molecule has 0 bridgehead atoms. The third kappa shape index (κ3) is 3.31. The fourth-order valence-electron chi connectivity index (χ4n) is 1.79. The molecule has 1 saturated heterocycles. The maximum atomic E-state index is 11.9. The highest BCUT2D eigenvalue weighted by Crippen LogP contribution is 2.27. The fourth-order valence-corrected chi connectivity index (χ4v) is 2.71. The van der Waals surface area contributed by atoms with Crippen molar-refractivity contribution in [1.82, 2.24) is 0 Å². The second-order valence-corrected chi connectivity index (χ2v) is 6.17. The first-order chi connectivity index (χ1) is 8.53. The second kappa shape index (κ2) is 5.38. The molecule has 0 N–H and O–H groups in total. The maximum Gasteiger partial charge on any atom is 0.297 e. The number of benzene rings is 1. The number of ether oxygens (including phenoxy) is 1. The summed E-state index contributed by atoms with van der Waals surface area (Å²) in [6.07, 6.45) is 2.10. The molecule has 18 heavy (non-hydrogen) atoms. The van der Waals surface area contributed by atoms with Gasteiger partial charge in [0, 0.05) is 0 Å². The van der Waals surface area contributed by atoms with Crippen molar-refractivity contribution in [2.45, 2.75) is 43.8 Å². The Morgan fingerprint density at radius 2 is 1.89 bits per heavy atom. The van der Waals surface area contributed by atoms with E-state index in [1.165, 1.54) is 0 Å². The molecule has 1 aromatic carbocycles. The maximum absolute atomic E-state index is 11.9. The van der Waals surface area contributed by atoms with Gasteiger partial charge < -0.3 is 4.74 Å². The van der Waals surface area contributed by atoms with E-state index in [1.54, 1.807) is 24.3 Å². The summed E-state index contributed by atoms with van der Waals surface area (Å²) < 4.78 is 34.0. The van der Waals surface area contributed by atoms with Gasteiger partial charge in [-0.2, -0.15) is 8.42 Å². The Bertz CT molecular complexity index is 492. The number of hydrogen-bond donors (Lipinski definition) is 0. The minimum absolute atomic E-state index is 0.0647. The lowest BCUT2D eigenvalue weighted by Gasteiger charge is -2.04. The molecular weight excluding hydrogens is 252 g/mol. The summed E-state index contributed by atoms with van der Waals surface area (Å²) in [7, 11) is -3.65. The molecule has 0 unspecified atom stereocenters. The van der Waals surface area contributed by atoms with Crippen molar-refractivity contribution in [2.24, 2.45) is 0 Å². The number of hydrogen-bond acceptors (Lipinski definition) is 4. The number of aryl methyl sites for hydroxylation is 1. The van der Waals surface area contributed by atoms with E-state index in [-0.39, 0.29) is 23.7 Å². The van der Waals surface area contributed by atoms with Gasteiger partial charge in [-0.05, 0) is 25.5 Å². The van der Waals surface area contributed by atoms with Gasteiger partial charge in [0.1, 0.15) is 6.10 Å². The Hall–Kier alpha value is -0.910. The zero-order valence-corrected chi connectivity index (χ0v) is 11.4. The largest absolute Gasteiger partial charge is 0.367 e. The molecule has 1 heterocycles. The fraction of sp³-hybridized carbons (Fsp3) is 0.538. The Kier molecular flexibility index (Phi) is 4.04. The van der Waals surface area contributed by atoms with Gasteiger partial charge in [0.25, 0.3) is 10.1 Å². The van der Waals surface area contributed by atoms with Crippen LogP contribution in [-0.2, 0) is 19.0 Å². The molecule has 0 amide bonds. The van der Waals surface area contributed by atoms with Gasteiger partial charge in [-0.15, -0.1) is 0 Å². The summed E-state index contributed by atoms with van der Waals surface area (Å²) in [6, 6.07) is 6.62. The van der Waals surface area contributed by atoms with Gasteiger partial charge >= 0.3 is 0 Å². The summed E-state index contributed by atoms with van der Waals surface area (Å²) in [4.78, 5) is 0.195. The Labute approximate surface area is 108 Å². The average Bonchev–Trinajstić information content (AvgIpc) is 3.06. The van der Waals surface area contributed by atoms with Crippen LogP contribution in [-0.4, -0.2) is 27.2 Å². The van der Waals surface area contributed by atoms with E-state index in [0.717, 1.165) is 18.4 Å². The van der Waals surface area contributed by atoms with Crippen LogP contribution in [0.15, 0.2) is 29.2 Å². The van der Waals surface area contributed by atoms with E-state index >= 15 is 0 Å². The van der Waals surface area contributed by atoms with Crippen LogP contribution < -0.4 is 0 Å². The number of rotatable bonds is 6. The lowest BCUT2D eigenvalue weighted by molar-refractivity contribution is 0.263. The second-order valence-electron chi connectivity index (χ2n) is 4.55. The Balaban J connectivity index is 1.90. The minimum Gasteiger partial charge on any atom is -0.367 e. The monoisotopic (exact) mass is 270 g/mol. The van der Waals surface area contributed by atoms with Crippen LogP contribution in [0.1, 0.15) is 25.3 Å². The van der Waals surface area contributed by atoms with E-state index in [4.69, 9.17) is 8.92 Å². The van der Waals surface area contributed by atoms with Gasteiger partial charge in [0.05, 0.1) is 17.6 Å². The quantitative estimate of drug-likeness (QED) is 0.588. The van der Waals surface area contributed by atoms with E-state index in [2.05, 4.69) is 6.92 Å². The van der Waals surface area contributed by atoms with Crippen molar-refractivity contribution < 1.29 is 17.3 Å². The van der Waals surface area contributed by atoms with Gasteiger partial charge in [0.15, 0.2) is 0 Å². The highest BCUT2D eigenvalue weighted by atomic mass is 32.2. The van der Waals surface area contributed by atoms with Gasteiger partial charge in [-0.25, -0.2) is 0 Å². The van der Waals surface area contributed by atoms with E-state index in [0.29, 0.717) is 0 Å². The average molecular weight is 270 g/mol. The third-order valence-electron chi connectivity index (χ3n) is 2.96. The Morgan fingerprint density at radius 1 is 1.22 bits per heavy atom. The van der Waals surface area contributed by atoms with Crippen LogP contribution in [0, 0.1) is 6.92 Å². The molecule has 100 valence electrons. The summed E-state index contributed by atoms with van der Waals surface area (Å²) in [5.41, 5.74) is 1.02. The van der Waals surface area contributed by atoms with Crippen LogP contribution in [0.2, 0.25) is 0 Å². The van der Waals surface area contributed by atoms with E-state index in [1.807, 2.05) is 6.92 Å². The van der Waals surface area contributed by atoms with Gasteiger partial charge in [-0.3, -0.25) is 4.18 Å². The molecule has 1 aromatic rings. The molecule has 1 aliphatic heterocycles. The lowest BCUT2D eigenvalue weighted by atomic mass is 10.2. The molecule has 4 nitrogen and oxygen atoms in total. The first-order valence-electron chi connectivity index (χ1n) is 6.14. The smallest absolute Gasteiger partial charge is 0.297 e. The molecule has 0 spiro atoms. The molecular formula is C13H18O4S. The Morgan fingerprint density at radius 3 is 2.50 bits per heavy atom. The highest BCUT2D eigenvalue weighted by molar-refractivity contribution is 7.86. The number of epoxide rings is 1. The van der Waals surface area contributed by atoms with Crippen LogP contribution in [0.25, 0.3) is 0 Å².